The van der Waals surface area contributed by atoms with Crippen molar-refractivity contribution in [3.05, 3.63) is 35.3 Å². The van der Waals surface area contributed by atoms with Crippen molar-refractivity contribution in [2.45, 2.75) is 24.9 Å². The van der Waals surface area contributed by atoms with E-state index in [1.54, 1.807) is 0 Å². The van der Waals surface area contributed by atoms with Gasteiger partial charge in [0.15, 0.2) is 0 Å². The third kappa shape index (κ3) is 0.805. The fraction of sp³-hybridized carbons (Fsp3) is 0.455. The van der Waals surface area contributed by atoms with Crippen molar-refractivity contribution in [2.75, 3.05) is 6.61 Å². The molecule has 74 valence electrons. The molecule has 1 spiro atoms. The van der Waals surface area contributed by atoms with Gasteiger partial charge >= 0.3 is 0 Å². The molecule has 0 unspecified atom stereocenters. The highest BCUT2D eigenvalue weighted by molar-refractivity contribution is 5.50. The Kier molecular flexibility index (Phi) is 1.29. The lowest BCUT2D eigenvalue weighted by Gasteiger charge is -2.21. The van der Waals surface area contributed by atoms with Crippen LogP contribution in [0.4, 0.5) is 0 Å². The molecule has 3 aliphatic rings. The average molecular weight is 190 g/mol. The second-order valence-electron chi connectivity index (χ2n) is 4.38. The normalized spacial score (nSPS) is 39.6. The van der Waals surface area contributed by atoms with E-state index < -0.39 is 0 Å². The quantitative estimate of drug-likeness (QED) is 0.439. The van der Waals surface area contributed by atoms with Gasteiger partial charge in [-0.05, 0) is 24.1 Å². The van der Waals surface area contributed by atoms with E-state index in [4.69, 9.17) is 10.5 Å². The Bertz CT molecular complexity index is 394. The molecule has 14 heavy (non-hydrogen) atoms. The third-order valence-electron chi connectivity index (χ3n) is 3.49. The van der Waals surface area contributed by atoms with Crippen LogP contribution in [0, 0.1) is 0 Å². The molecule has 0 radical (unpaired) electrons. The van der Waals surface area contributed by atoms with Gasteiger partial charge in [-0.1, -0.05) is 6.58 Å². The highest BCUT2D eigenvalue weighted by Gasteiger charge is 2.59. The Morgan fingerprint density at radius 2 is 2.50 bits per heavy atom. The molecule has 0 amide bonds. The molecule has 2 bridgehead atoms. The summed E-state index contributed by atoms with van der Waals surface area (Å²) in [5, 5.41) is 3.50. The minimum absolute atomic E-state index is 0.0891. The molecule has 0 aromatic rings. The molecule has 2 fully saturated rings. The van der Waals surface area contributed by atoms with Gasteiger partial charge in [0.1, 0.15) is 12.4 Å². The highest BCUT2D eigenvalue weighted by atomic mass is 16.5. The summed E-state index contributed by atoms with van der Waals surface area (Å²) < 4.78 is 5.61. The fourth-order valence-corrected chi connectivity index (χ4v) is 2.50. The number of hydrogen-bond donors (Lipinski definition) is 2. The maximum Gasteiger partial charge on any atom is 0.122 e. The first-order chi connectivity index (χ1) is 6.63. The number of allylic oxidation sites excluding steroid dienone is 1. The minimum Gasteiger partial charge on any atom is -0.491 e. The predicted octanol–water partition coefficient (Wildman–Crippen LogP) is 0.804. The molecule has 2 heterocycles. The van der Waals surface area contributed by atoms with E-state index in [9.17, 15) is 0 Å². The van der Waals surface area contributed by atoms with Gasteiger partial charge in [-0.3, -0.25) is 5.32 Å². The van der Waals surface area contributed by atoms with Crippen LogP contribution in [0.25, 0.3) is 0 Å². The molecule has 2 atom stereocenters. The van der Waals surface area contributed by atoms with Gasteiger partial charge in [-0.25, -0.2) is 0 Å². The monoisotopic (exact) mass is 190 g/mol. The summed E-state index contributed by atoms with van der Waals surface area (Å²) in [6.45, 7) is 6.75. The lowest BCUT2D eigenvalue weighted by molar-refractivity contribution is 0.225. The molecule has 0 aromatic heterocycles. The summed E-state index contributed by atoms with van der Waals surface area (Å²) in [5.74, 6) is 0.921. The summed E-state index contributed by atoms with van der Waals surface area (Å²) in [7, 11) is 0. The number of hydrogen-bond acceptors (Lipinski definition) is 3. The van der Waals surface area contributed by atoms with E-state index in [2.05, 4.69) is 18.8 Å². The topological polar surface area (TPSA) is 57.2 Å². The summed E-state index contributed by atoms with van der Waals surface area (Å²) in [4.78, 5) is 0. The molecule has 0 aromatic carbocycles. The van der Waals surface area contributed by atoms with Gasteiger partial charge < -0.3 is 10.5 Å². The van der Waals surface area contributed by atoms with Crippen LogP contribution in [0.5, 0.6) is 0 Å². The molecule has 3 nitrogen and oxygen atoms in total. The summed E-state index contributed by atoms with van der Waals surface area (Å²) in [5.41, 5.74) is 9.18. The van der Waals surface area contributed by atoms with E-state index in [0.29, 0.717) is 12.6 Å². The molecule has 0 saturated carbocycles. The first-order valence-electron chi connectivity index (χ1n) is 4.89. The standard InChI is InChI=1S/C11H14N2O/c1-6-5-14-9-4-11(10(6)13-11)7(2)3-8(9)12/h3,10,13H,1,4-5,12H2,2H3/t10-,11+/m1/s1. The van der Waals surface area contributed by atoms with Crippen LogP contribution in [-0.2, 0) is 4.74 Å². The predicted molar refractivity (Wildman–Crippen MR) is 54.3 cm³/mol. The smallest absolute Gasteiger partial charge is 0.122 e. The van der Waals surface area contributed by atoms with E-state index >= 15 is 0 Å². The molecule has 3 rings (SSSR count). The average Bonchev–Trinajstić information content (AvgIpc) is 2.84. The molecule has 2 saturated heterocycles. The second kappa shape index (κ2) is 2.23. The van der Waals surface area contributed by atoms with Crippen molar-refractivity contribution in [3.8, 4) is 0 Å². The Hall–Kier alpha value is -1.22. The van der Waals surface area contributed by atoms with Crippen LogP contribution < -0.4 is 11.1 Å². The van der Waals surface area contributed by atoms with Crippen LogP contribution in [-0.4, -0.2) is 18.2 Å². The molecule has 2 aliphatic heterocycles. The minimum atomic E-state index is 0.0891. The van der Waals surface area contributed by atoms with Crippen molar-refractivity contribution in [1.29, 1.82) is 0 Å². The summed E-state index contributed by atoms with van der Waals surface area (Å²) >= 11 is 0. The Morgan fingerprint density at radius 3 is 3.29 bits per heavy atom. The third-order valence-corrected chi connectivity index (χ3v) is 3.49. The van der Waals surface area contributed by atoms with Crippen molar-refractivity contribution in [2.24, 2.45) is 5.73 Å². The zero-order chi connectivity index (χ0) is 9.92. The SMILES string of the molecule is C=C1COC2=C(N)C=C(C)[C@]3(C2)N[C@H]13. The van der Waals surface area contributed by atoms with Crippen LogP contribution in [0.1, 0.15) is 13.3 Å². The summed E-state index contributed by atoms with van der Waals surface area (Å²) in [6, 6.07) is 0.393. The number of nitrogens with one attached hydrogen (secondary N) is 1. The molecular weight excluding hydrogens is 176 g/mol. The number of rotatable bonds is 0. The maximum atomic E-state index is 5.89. The first-order valence-corrected chi connectivity index (χ1v) is 4.89. The van der Waals surface area contributed by atoms with Gasteiger partial charge in [0.05, 0.1) is 17.3 Å². The summed E-state index contributed by atoms with van der Waals surface area (Å²) in [6.07, 6.45) is 2.90. The largest absolute Gasteiger partial charge is 0.491 e. The lowest BCUT2D eigenvalue weighted by Crippen LogP contribution is -2.25. The van der Waals surface area contributed by atoms with Crippen LogP contribution >= 0.6 is 0 Å². The lowest BCUT2D eigenvalue weighted by atomic mass is 9.86. The number of fused-ring (bicyclic) bond motifs is 1. The van der Waals surface area contributed by atoms with Gasteiger partial charge in [-0.15, -0.1) is 0 Å². The Labute approximate surface area is 83.3 Å². The van der Waals surface area contributed by atoms with Gasteiger partial charge in [0.2, 0.25) is 0 Å². The van der Waals surface area contributed by atoms with Crippen molar-refractivity contribution in [3.63, 3.8) is 0 Å². The molecule has 1 aliphatic carbocycles. The van der Waals surface area contributed by atoms with Crippen LogP contribution in [0.15, 0.2) is 35.3 Å². The van der Waals surface area contributed by atoms with E-state index in [-0.39, 0.29) is 5.54 Å². The number of nitrogens with two attached hydrogens (primary N) is 1. The Morgan fingerprint density at radius 1 is 1.71 bits per heavy atom. The van der Waals surface area contributed by atoms with Crippen molar-refractivity contribution < 1.29 is 4.74 Å². The zero-order valence-corrected chi connectivity index (χ0v) is 8.26. The number of ether oxygens (including phenoxy) is 1. The maximum absolute atomic E-state index is 5.89. The van der Waals surface area contributed by atoms with Gasteiger partial charge in [0, 0.05) is 6.42 Å². The Balaban J connectivity index is 2.11. The van der Waals surface area contributed by atoms with Gasteiger partial charge in [-0.2, -0.15) is 0 Å². The first kappa shape index (κ1) is 8.12. The van der Waals surface area contributed by atoms with Gasteiger partial charge in [0.25, 0.3) is 0 Å². The molecular formula is C11H14N2O. The van der Waals surface area contributed by atoms with Crippen molar-refractivity contribution >= 4 is 0 Å². The zero-order valence-electron chi connectivity index (χ0n) is 8.26. The van der Waals surface area contributed by atoms with Crippen LogP contribution in [0.3, 0.4) is 0 Å². The molecule has 3 N–H and O–H groups in total. The van der Waals surface area contributed by atoms with Crippen molar-refractivity contribution in [1.82, 2.24) is 5.32 Å². The van der Waals surface area contributed by atoms with E-state index in [1.807, 2.05) is 6.08 Å². The van der Waals surface area contributed by atoms with E-state index in [0.717, 1.165) is 23.5 Å². The van der Waals surface area contributed by atoms with E-state index in [1.165, 1.54) is 5.57 Å². The van der Waals surface area contributed by atoms with Crippen LogP contribution in [0.2, 0.25) is 0 Å². The highest BCUT2D eigenvalue weighted by Crippen LogP contribution is 2.48. The second-order valence-corrected chi connectivity index (χ2v) is 4.38. The molecule has 3 heteroatoms. The fourth-order valence-electron chi connectivity index (χ4n) is 2.50.